The van der Waals surface area contributed by atoms with Gasteiger partial charge in [-0.25, -0.2) is 0 Å². The standard InChI is InChI=1S/C6H14N2S/c1-8-4-2-6(7,9)3-5-8/h9H,2-5,7H2,1H3. The Morgan fingerprint density at radius 1 is 1.44 bits per heavy atom. The number of nitrogens with two attached hydrogens (primary N) is 1. The van der Waals surface area contributed by atoms with E-state index in [2.05, 4.69) is 24.6 Å². The predicted molar refractivity (Wildman–Crippen MR) is 42.6 cm³/mol. The van der Waals surface area contributed by atoms with Crippen molar-refractivity contribution < 1.29 is 0 Å². The van der Waals surface area contributed by atoms with Crippen molar-refractivity contribution in [3.8, 4) is 0 Å². The van der Waals surface area contributed by atoms with Crippen LogP contribution in [0.1, 0.15) is 12.8 Å². The fraction of sp³-hybridized carbons (Fsp3) is 1.00. The summed E-state index contributed by atoms with van der Waals surface area (Å²) in [6, 6.07) is 0. The quantitative estimate of drug-likeness (QED) is 0.380. The molecule has 1 aliphatic rings. The molecule has 0 aliphatic carbocycles. The summed E-state index contributed by atoms with van der Waals surface area (Å²) in [6.45, 7) is 2.17. The number of likely N-dealkylation sites (tertiary alicyclic amines) is 1. The lowest BCUT2D eigenvalue weighted by molar-refractivity contribution is 0.243. The Balaban J connectivity index is 2.35. The normalized spacial score (nSPS) is 28.3. The van der Waals surface area contributed by atoms with Gasteiger partial charge in [0.25, 0.3) is 0 Å². The van der Waals surface area contributed by atoms with Gasteiger partial charge in [0.1, 0.15) is 0 Å². The number of nitrogens with zero attached hydrogens (tertiary/aromatic N) is 1. The number of rotatable bonds is 0. The average molecular weight is 146 g/mol. The average Bonchev–Trinajstić information content (AvgIpc) is 1.78. The molecule has 54 valence electrons. The molecule has 0 bridgehead atoms. The fourth-order valence-corrected chi connectivity index (χ4v) is 1.21. The Labute approximate surface area is 61.8 Å². The monoisotopic (exact) mass is 146 g/mol. The number of thiol groups is 1. The second-order valence-electron chi connectivity index (χ2n) is 2.91. The third-order valence-electron chi connectivity index (χ3n) is 1.85. The maximum Gasteiger partial charge on any atom is 0.0615 e. The zero-order valence-electron chi connectivity index (χ0n) is 5.80. The summed E-state index contributed by atoms with van der Waals surface area (Å²) in [7, 11) is 2.11. The third-order valence-corrected chi connectivity index (χ3v) is 2.30. The maximum atomic E-state index is 5.78. The van der Waals surface area contributed by atoms with Crippen molar-refractivity contribution >= 4 is 12.6 Å². The van der Waals surface area contributed by atoms with Crippen molar-refractivity contribution in [2.75, 3.05) is 20.1 Å². The topological polar surface area (TPSA) is 29.3 Å². The molecule has 0 spiro atoms. The van der Waals surface area contributed by atoms with Crippen LogP contribution in [0.25, 0.3) is 0 Å². The zero-order chi connectivity index (χ0) is 6.91. The Morgan fingerprint density at radius 2 is 1.89 bits per heavy atom. The molecule has 0 amide bonds. The van der Waals surface area contributed by atoms with Gasteiger partial charge in [-0.15, -0.1) is 0 Å². The second-order valence-corrected chi connectivity index (χ2v) is 3.80. The highest BCUT2D eigenvalue weighted by Gasteiger charge is 2.24. The van der Waals surface area contributed by atoms with E-state index in [0.717, 1.165) is 25.9 Å². The van der Waals surface area contributed by atoms with E-state index in [1.165, 1.54) is 0 Å². The van der Waals surface area contributed by atoms with E-state index in [-0.39, 0.29) is 4.87 Å². The summed E-state index contributed by atoms with van der Waals surface area (Å²) in [5.41, 5.74) is 5.78. The molecule has 2 N–H and O–H groups in total. The van der Waals surface area contributed by atoms with Gasteiger partial charge in [-0.3, -0.25) is 0 Å². The van der Waals surface area contributed by atoms with Crippen molar-refractivity contribution in [2.24, 2.45) is 5.73 Å². The summed E-state index contributed by atoms with van der Waals surface area (Å²) in [6.07, 6.45) is 2.01. The molecule has 2 nitrogen and oxygen atoms in total. The lowest BCUT2D eigenvalue weighted by Crippen LogP contribution is -2.45. The van der Waals surface area contributed by atoms with Crippen LogP contribution in [0.3, 0.4) is 0 Å². The first-order chi connectivity index (χ1) is 4.10. The molecule has 0 aromatic rings. The first kappa shape index (κ1) is 7.38. The highest BCUT2D eigenvalue weighted by Crippen LogP contribution is 2.21. The number of piperidine rings is 1. The number of hydrogen-bond donors (Lipinski definition) is 2. The fourth-order valence-electron chi connectivity index (χ4n) is 1.01. The molecule has 1 heterocycles. The molecule has 0 unspecified atom stereocenters. The second kappa shape index (κ2) is 2.48. The first-order valence-electron chi connectivity index (χ1n) is 3.30. The predicted octanol–water partition coefficient (Wildman–Crippen LogP) is 0.297. The largest absolute Gasteiger partial charge is 0.317 e. The van der Waals surface area contributed by atoms with Gasteiger partial charge in [-0.1, -0.05) is 0 Å². The van der Waals surface area contributed by atoms with Crippen LogP contribution in [0.2, 0.25) is 0 Å². The van der Waals surface area contributed by atoms with Crippen LogP contribution in [0.5, 0.6) is 0 Å². The zero-order valence-corrected chi connectivity index (χ0v) is 6.69. The van der Waals surface area contributed by atoms with Crippen molar-refractivity contribution in [1.29, 1.82) is 0 Å². The Hall–Kier alpha value is 0.270. The summed E-state index contributed by atoms with van der Waals surface area (Å²) >= 11 is 4.31. The van der Waals surface area contributed by atoms with Crippen LogP contribution in [0, 0.1) is 0 Å². The lowest BCUT2D eigenvalue weighted by Gasteiger charge is -2.33. The Bertz CT molecular complexity index is 93.2. The Morgan fingerprint density at radius 3 is 2.22 bits per heavy atom. The number of hydrogen-bond acceptors (Lipinski definition) is 3. The van der Waals surface area contributed by atoms with Crippen LogP contribution in [0.15, 0.2) is 0 Å². The molecule has 3 heteroatoms. The minimum absolute atomic E-state index is 0.188. The highest BCUT2D eigenvalue weighted by atomic mass is 32.1. The van der Waals surface area contributed by atoms with E-state index in [1.807, 2.05) is 0 Å². The third kappa shape index (κ3) is 2.16. The minimum atomic E-state index is -0.188. The summed E-state index contributed by atoms with van der Waals surface area (Å²) in [5.74, 6) is 0. The van der Waals surface area contributed by atoms with E-state index >= 15 is 0 Å². The van der Waals surface area contributed by atoms with Gasteiger partial charge in [0, 0.05) is 13.1 Å². The van der Waals surface area contributed by atoms with Crippen LogP contribution in [-0.2, 0) is 0 Å². The van der Waals surface area contributed by atoms with Crippen LogP contribution >= 0.6 is 12.6 Å². The van der Waals surface area contributed by atoms with Crippen LogP contribution in [0.4, 0.5) is 0 Å². The van der Waals surface area contributed by atoms with Gasteiger partial charge < -0.3 is 10.6 Å². The smallest absolute Gasteiger partial charge is 0.0615 e. The molecule has 1 aliphatic heterocycles. The molecule has 0 aromatic heterocycles. The van der Waals surface area contributed by atoms with E-state index in [4.69, 9.17) is 5.73 Å². The molecule has 0 atom stereocenters. The van der Waals surface area contributed by atoms with E-state index < -0.39 is 0 Å². The van der Waals surface area contributed by atoms with Gasteiger partial charge in [0.05, 0.1) is 4.87 Å². The molecule has 0 saturated carbocycles. The van der Waals surface area contributed by atoms with Crippen LogP contribution in [-0.4, -0.2) is 29.9 Å². The maximum absolute atomic E-state index is 5.78. The summed E-state index contributed by atoms with van der Waals surface area (Å²) in [5, 5.41) is 0. The van der Waals surface area contributed by atoms with Gasteiger partial charge in [-0.05, 0) is 19.9 Å². The van der Waals surface area contributed by atoms with E-state index in [1.54, 1.807) is 0 Å². The van der Waals surface area contributed by atoms with Crippen molar-refractivity contribution in [1.82, 2.24) is 4.90 Å². The molecule has 9 heavy (non-hydrogen) atoms. The van der Waals surface area contributed by atoms with Gasteiger partial charge in [-0.2, -0.15) is 12.6 Å². The molecular formula is C6H14N2S. The SMILES string of the molecule is CN1CCC(N)(S)CC1. The highest BCUT2D eigenvalue weighted by molar-refractivity contribution is 7.81. The van der Waals surface area contributed by atoms with Gasteiger partial charge in [0.15, 0.2) is 0 Å². The molecular weight excluding hydrogens is 132 g/mol. The van der Waals surface area contributed by atoms with Gasteiger partial charge >= 0.3 is 0 Å². The van der Waals surface area contributed by atoms with Crippen molar-refractivity contribution in [2.45, 2.75) is 17.7 Å². The van der Waals surface area contributed by atoms with E-state index in [9.17, 15) is 0 Å². The van der Waals surface area contributed by atoms with Crippen molar-refractivity contribution in [3.05, 3.63) is 0 Å². The molecule has 0 radical (unpaired) electrons. The molecule has 0 aromatic carbocycles. The van der Waals surface area contributed by atoms with E-state index in [0.29, 0.717) is 0 Å². The Kier molecular flexibility index (Phi) is 2.03. The summed E-state index contributed by atoms with van der Waals surface area (Å²) in [4.78, 5) is 2.09. The molecule has 1 saturated heterocycles. The first-order valence-corrected chi connectivity index (χ1v) is 3.75. The lowest BCUT2D eigenvalue weighted by atomic mass is 10.1. The molecule has 1 fully saturated rings. The van der Waals surface area contributed by atoms with Crippen LogP contribution < -0.4 is 5.73 Å². The minimum Gasteiger partial charge on any atom is -0.317 e. The van der Waals surface area contributed by atoms with Crippen molar-refractivity contribution in [3.63, 3.8) is 0 Å². The summed E-state index contributed by atoms with van der Waals surface area (Å²) < 4.78 is 0. The molecule has 1 rings (SSSR count). The van der Waals surface area contributed by atoms with Gasteiger partial charge in [0.2, 0.25) is 0 Å².